The Balaban J connectivity index is 1.20. The first kappa shape index (κ1) is 17.2. The highest BCUT2D eigenvalue weighted by atomic mass is 16.1. The average Bonchev–Trinajstić information content (AvgIpc) is 2.63. The number of nitrogens with zero attached hydrogens (tertiary/aromatic N) is 6. The van der Waals surface area contributed by atoms with Crippen LogP contribution in [0.4, 0.5) is 5.82 Å². The maximum Gasteiger partial charge on any atom is 0.253 e. The third-order valence-corrected chi connectivity index (χ3v) is 5.42. The largest absolute Gasteiger partial charge is 0.354 e. The topological polar surface area (TPSA) is 57.5 Å². The molecule has 0 spiro atoms. The van der Waals surface area contributed by atoms with Crippen molar-refractivity contribution in [2.24, 2.45) is 0 Å². The summed E-state index contributed by atoms with van der Waals surface area (Å²) in [6.45, 7) is 9.93. The summed E-state index contributed by atoms with van der Waals surface area (Å²) in [5, 5.41) is 0. The van der Waals surface area contributed by atoms with E-state index in [4.69, 9.17) is 0 Å². The van der Waals surface area contributed by atoms with Crippen molar-refractivity contribution in [3.05, 3.63) is 52.8 Å². The zero-order valence-electron chi connectivity index (χ0n) is 15.3. The molecule has 0 aliphatic carbocycles. The standard InChI is InChI=1S/C19H26N6O/c1-16-12-19(26)25(15-21-16)7-6-22-13-17(14-22)23-8-10-24(11-9-23)18-4-2-3-5-20-18/h2-5,12,15,17H,6-11,13-14H2,1H3. The number of aromatic nitrogens is 3. The van der Waals surface area contributed by atoms with Crippen LogP contribution in [0.2, 0.25) is 0 Å². The van der Waals surface area contributed by atoms with Crippen molar-refractivity contribution in [3.8, 4) is 0 Å². The Morgan fingerprint density at radius 2 is 1.88 bits per heavy atom. The van der Waals surface area contributed by atoms with Crippen LogP contribution in [0.1, 0.15) is 5.69 Å². The molecular weight excluding hydrogens is 328 g/mol. The lowest BCUT2D eigenvalue weighted by atomic mass is 10.1. The van der Waals surface area contributed by atoms with Crippen molar-refractivity contribution in [3.63, 3.8) is 0 Å². The molecule has 0 amide bonds. The second kappa shape index (κ2) is 7.55. The van der Waals surface area contributed by atoms with E-state index in [2.05, 4.69) is 30.7 Å². The summed E-state index contributed by atoms with van der Waals surface area (Å²) >= 11 is 0. The highest BCUT2D eigenvalue weighted by molar-refractivity contribution is 5.38. The maximum absolute atomic E-state index is 11.9. The van der Waals surface area contributed by atoms with E-state index in [1.54, 1.807) is 17.0 Å². The molecular formula is C19H26N6O. The summed E-state index contributed by atoms with van der Waals surface area (Å²) in [6, 6.07) is 8.34. The fraction of sp³-hybridized carbons (Fsp3) is 0.526. The van der Waals surface area contributed by atoms with Gasteiger partial charge in [0, 0.05) is 76.4 Å². The molecule has 7 heteroatoms. The number of hydrogen-bond donors (Lipinski definition) is 0. The van der Waals surface area contributed by atoms with Gasteiger partial charge in [0.05, 0.1) is 6.33 Å². The lowest BCUT2D eigenvalue weighted by Gasteiger charge is -2.48. The van der Waals surface area contributed by atoms with Crippen LogP contribution in [-0.2, 0) is 6.54 Å². The molecule has 2 saturated heterocycles. The van der Waals surface area contributed by atoms with Crippen LogP contribution in [0.15, 0.2) is 41.6 Å². The normalized spacial score (nSPS) is 19.5. The molecule has 0 radical (unpaired) electrons. The van der Waals surface area contributed by atoms with Gasteiger partial charge in [0.1, 0.15) is 5.82 Å². The molecule has 0 bridgehead atoms. The molecule has 2 aliphatic rings. The Bertz CT molecular complexity index is 778. The number of rotatable bonds is 5. The third-order valence-electron chi connectivity index (χ3n) is 5.42. The zero-order chi connectivity index (χ0) is 17.9. The number of anilines is 1. The summed E-state index contributed by atoms with van der Waals surface area (Å²) in [4.78, 5) is 27.9. The molecule has 0 saturated carbocycles. The van der Waals surface area contributed by atoms with Crippen molar-refractivity contribution >= 4 is 5.82 Å². The summed E-state index contributed by atoms with van der Waals surface area (Å²) < 4.78 is 1.70. The predicted octanol–water partition coefficient (Wildman–Crippen LogP) is 0.453. The van der Waals surface area contributed by atoms with Crippen LogP contribution < -0.4 is 10.5 Å². The molecule has 7 nitrogen and oxygen atoms in total. The predicted molar refractivity (Wildman–Crippen MR) is 101 cm³/mol. The SMILES string of the molecule is Cc1cc(=O)n(CCN2CC(N3CCN(c4ccccn4)CC3)C2)cn1. The molecule has 2 fully saturated rings. The van der Waals surface area contributed by atoms with E-state index < -0.39 is 0 Å². The zero-order valence-corrected chi connectivity index (χ0v) is 15.3. The Morgan fingerprint density at radius 1 is 1.08 bits per heavy atom. The molecule has 0 N–H and O–H groups in total. The minimum absolute atomic E-state index is 0.0419. The second-order valence-corrected chi connectivity index (χ2v) is 7.19. The van der Waals surface area contributed by atoms with Crippen molar-refractivity contribution in [1.82, 2.24) is 24.3 Å². The van der Waals surface area contributed by atoms with Crippen LogP contribution in [0, 0.1) is 6.92 Å². The monoisotopic (exact) mass is 354 g/mol. The molecule has 2 aliphatic heterocycles. The Morgan fingerprint density at radius 3 is 2.58 bits per heavy atom. The maximum atomic E-state index is 11.9. The number of likely N-dealkylation sites (tertiary alicyclic amines) is 1. The van der Waals surface area contributed by atoms with Crippen LogP contribution in [0.25, 0.3) is 0 Å². The number of piperazine rings is 1. The van der Waals surface area contributed by atoms with E-state index in [1.807, 2.05) is 25.3 Å². The van der Waals surface area contributed by atoms with Crippen molar-refractivity contribution in [1.29, 1.82) is 0 Å². The molecule has 4 rings (SSSR count). The Kier molecular flexibility index (Phi) is 4.99. The Hall–Kier alpha value is -2.25. The first-order valence-corrected chi connectivity index (χ1v) is 9.34. The summed E-state index contributed by atoms with van der Waals surface area (Å²) in [6.07, 6.45) is 3.52. The highest BCUT2D eigenvalue weighted by Crippen LogP contribution is 2.19. The molecule has 0 aromatic carbocycles. The van der Waals surface area contributed by atoms with E-state index in [9.17, 15) is 4.79 Å². The lowest BCUT2D eigenvalue weighted by molar-refractivity contribution is 0.0285. The fourth-order valence-electron chi connectivity index (χ4n) is 3.75. The quantitative estimate of drug-likeness (QED) is 0.777. The van der Waals surface area contributed by atoms with Crippen LogP contribution >= 0.6 is 0 Å². The van der Waals surface area contributed by atoms with Crippen LogP contribution in [0.3, 0.4) is 0 Å². The summed E-state index contributed by atoms with van der Waals surface area (Å²) in [5.41, 5.74) is 0.820. The van der Waals surface area contributed by atoms with Gasteiger partial charge in [-0.25, -0.2) is 9.97 Å². The Labute approximate surface area is 153 Å². The summed E-state index contributed by atoms with van der Waals surface area (Å²) in [5.74, 6) is 1.08. The van der Waals surface area contributed by atoms with E-state index in [-0.39, 0.29) is 5.56 Å². The van der Waals surface area contributed by atoms with Crippen molar-refractivity contribution < 1.29 is 0 Å². The summed E-state index contributed by atoms with van der Waals surface area (Å²) in [7, 11) is 0. The minimum atomic E-state index is 0.0419. The first-order chi connectivity index (χ1) is 12.7. The minimum Gasteiger partial charge on any atom is -0.354 e. The molecule has 138 valence electrons. The van der Waals surface area contributed by atoms with Crippen molar-refractivity contribution in [2.75, 3.05) is 50.7 Å². The van der Waals surface area contributed by atoms with Crippen molar-refractivity contribution in [2.45, 2.75) is 19.5 Å². The number of aryl methyl sites for hydroxylation is 1. The number of pyridine rings is 1. The van der Waals surface area contributed by atoms with Gasteiger partial charge in [-0.1, -0.05) is 6.07 Å². The molecule has 0 unspecified atom stereocenters. The van der Waals surface area contributed by atoms with Gasteiger partial charge in [-0.2, -0.15) is 0 Å². The average molecular weight is 354 g/mol. The first-order valence-electron chi connectivity index (χ1n) is 9.34. The third kappa shape index (κ3) is 3.78. The number of hydrogen-bond acceptors (Lipinski definition) is 6. The van der Waals surface area contributed by atoms with Crippen LogP contribution in [0.5, 0.6) is 0 Å². The highest BCUT2D eigenvalue weighted by Gasteiger charge is 2.33. The molecule has 4 heterocycles. The van der Waals surface area contributed by atoms with E-state index in [0.717, 1.165) is 57.3 Å². The molecule has 0 atom stereocenters. The van der Waals surface area contributed by atoms with E-state index in [0.29, 0.717) is 12.6 Å². The molecule has 2 aromatic rings. The van der Waals surface area contributed by atoms with Gasteiger partial charge in [-0.3, -0.25) is 19.2 Å². The van der Waals surface area contributed by atoms with Gasteiger partial charge in [0.2, 0.25) is 0 Å². The van der Waals surface area contributed by atoms with E-state index in [1.165, 1.54) is 0 Å². The fourth-order valence-corrected chi connectivity index (χ4v) is 3.75. The second-order valence-electron chi connectivity index (χ2n) is 7.19. The van der Waals surface area contributed by atoms with Crippen LogP contribution in [-0.4, -0.2) is 76.2 Å². The molecule has 26 heavy (non-hydrogen) atoms. The van der Waals surface area contributed by atoms with E-state index >= 15 is 0 Å². The smallest absolute Gasteiger partial charge is 0.253 e. The van der Waals surface area contributed by atoms with Gasteiger partial charge in [-0.15, -0.1) is 0 Å². The van der Waals surface area contributed by atoms with Gasteiger partial charge < -0.3 is 4.90 Å². The molecule has 2 aromatic heterocycles. The van der Waals surface area contributed by atoms with Gasteiger partial charge >= 0.3 is 0 Å². The van der Waals surface area contributed by atoms with Gasteiger partial charge in [0.15, 0.2) is 0 Å². The van der Waals surface area contributed by atoms with Gasteiger partial charge in [-0.05, 0) is 19.1 Å². The lowest BCUT2D eigenvalue weighted by Crippen LogP contribution is -2.63. The van der Waals surface area contributed by atoms with Gasteiger partial charge in [0.25, 0.3) is 5.56 Å².